The number of aromatic nitrogens is 2. The number of nitrogens with zero attached hydrogens (tertiary/aromatic N) is 2. The average molecular weight is 231 g/mol. The van der Waals surface area contributed by atoms with Crippen molar-refractivity contribution in [3.8, 4) is 0 Å². The summed E-state index contributed by atoms with van der Waals surface area (Å²) in [5.74, 6) is 0. The van der Waals surface area contributed by atoms with Gasteiger partial charge in [0.05, 0.1) is 18.5 Å². The molecule has 0 aliphatic heterocycles. The van der Waals surface area contributed by atoms with Gasteiger partial charge in [-0.15, -0.1) is 0 Å². The molecule has 0 spiro atoms. The molecule has 4 nitrogen and oxygen atoms in total. The number of benzene rings is 1. The largest absolute Gasteiger partial charge is 0.394 e. The van der Waals surface area contributed by atoms with Gasteiger partial charge in [0.15, 0.2) is 0 Å². The van der Waals surface area contributed by atoms with E-state index in [1.54, 1.807) is 12.5 Å². The highest BCUT2D eigenvalue weighted by atomic mass is 16.3. The number of rotatable bonds is 5. The predicted octanol–water partition coefficient (Wildman–Crippen LogP) is 1.12. The van der Waals surface area contributed by atoms with E-state index < -0.39 is 5.54 Å². The van der Waals surface area contributed by atoms with E-state index in [2.05, 4.69) is 4.98 Å². The monoisotopic (exact) mass is 231 g/mol. The average Bonchev–Trinajstić information content (AvgIpc) is 2.90. The molecule has 0 fully saturated rings. The Morgan fingerprint density at radius 3 is 2.65 bits per heavy atom. The number of hydrogen-bond donors (Lipinski definition) is 2. The minimum absolute atomic E-state index is 0.0638. The van der Waals surface area contributed by atoms with Crippen molar-refractivity contribution in [3.63, 3.8) is 0 Å². The van der Waals surface area contributed by atoms with Crippen molar-refractivity contribution < 1.29 is 5.11 Å². The van der Waals surface area contributed by atoms with Crippen LogP contribution in [0.3, 0.4) is 0 Å². The first-order valence-electron chi connectivity index (χ1n) is 5.66. The van der Waals surface area contributed by atoms with Gasteiger partial charge in [-0.1, -0.05) is 30.3 Å². The van der Waals surface area contributed by atoms with Gasteiger partial charge in [0, 0.05) is 18.9 Å². The van der Waals surface area contributed by atoms with Crippen LogP contribution in [0.2, 0.25) is 0 Å². The lowest BCUT2D eigenvalue weighted by Gasteiger charge is -2.28. The highest BCUT2D eigenvalue weighted by Gasteiger charge is 2.25. The molecule has 17 heavy (non-hydrogen) atoms. The third kappa shape index (κ3) is 2.72. The van der Waals surface area contributed by atoms with Crippen LogP contribution in [-0.2, 0) is 12.1 Å². The van der Waals surface area contributed by atoms with Crippen molar-refractivity contribution in [1.29, 1.82) is 0 Å². The van der Waals surface area contributed by atoms with Gasteiger partial charge in [-0.25, -0.2) is 4.98 Å². The van der Waals surface area contributed by atoms with Crippen LogP contribution in [0.4, 0.5) is 0 Å². The molecule has 1 unspecified atom stereocenters. The van der Waals surface area contributed by atoms with E-state index in [0.717, 1.165) is 12.1 Å². The number of aliphatic hydroxyl groups excluding tert-OH is 1. The van der Waals surface area contributed by atoms with Gasteiger partial charge < -0.3 is 15.4 Å². The van der Waals surface area contributed by atoms with Crippen LogP contribution in [0.5, 0.6) is 0 Å². The Balaban J connectivity index is 2.09. The second-order valence-electron chi connectivity index (χ2n) is 4.23. The summed E-state index contributed by atoms with van der Waals surface area (Å²) in [6.07, 6.45) is 6.05. The fourth-order valence-corrected chi connectivity index (χ4v) is 1.83. The minimum Gasteiger partial charge on any atom is -0.394 e. The number of aryl methyl sites for hydroxylation is 1. The zero-order valence-corrected chi connectivity index (χ0v) is 9.66. The first-order valence-corrected chi connectivity index (χ1v) is 5.66. The Morgan fingerprint density at radius 2 is 2.06 bits per heavy atom. The van der Waals surface area contributed by atoms with E-state index in [1.807, 2.05) is 41.1 Å². The van der Waals surface area contributed by atoms with Crippen LogP contribution in [-0.4, -0.2) is 21.3 Å². The lowest BCUT2D eigenvalue weighted by Crippen LogP contribution is -2.41. The van der Waals surface area contributed by atoms with E-state index in [0.29, 0.717) is 6.42 Å². The quantitative estimate of drug-likeness (QED) is 0.810. The van der Waals surface area contributed by atoms with Crippen molar-refractivity contribution >= 4 is 0 Å². The highest BCUT2D eigenvalue weighted by Crippen LogP contribution is 2.22. The standard InChI is InChI=1S/C13H17N3O/c14-13(10-17,12-4-2-1-3-5-12)6-8-16-9-7-15-11-16/h1-5,7,9,11,17H,6,8,10,14H2. The SMILES string of the molecule is NC(CO)(CCn1ccnc1)c1ccccc1. The topological polar surface area (TPSA) is 64.1 Å². The summed E-state index contributed by atoms with van der Waals surface area (Å²) in [7, 11) is 0. The third-order valence-electron chi connectivity index (χ3n) is 3.01. The zero-order valence-electron chi connectivity index (χ0n) is 9.66. The van der Waals surface area contributed by atoms with Gasteiger partial charge in [0.2, 0.25) is 0 Å². The first kappa shape index (κ1) is 11.8. The molecule has 4 heteroatoms. The Kier molecular flexibility index (Phi) is 3.56. The molecule has 2 aromatic rings. The van der Waals surface area contributed by atoms with Crippen LogP contribution < -0.4 is 5.73 Å². The molecular formula is C13H17N3O. The van der Waals surface area contributed by atoms with Gasteiger partial charge >= 0.3 is 0 Å². The molecule has 1 aromatic carbocycles. The van der Waals surface area contributed by atoms with Crippen LogP contribution in [0.25, 0.3) is 0 Å². The second-order valence-corrected chi connectivity index (χ2v) is 4.23. The summed E-state index contributed by atoms with van der Waals surface area (Å²) in [5.41, 5.74) is 6.52. The summed E-state index contributed by atoms with van der Waals surface area (Å²) in [4.78, 5) is 3.98. The Bertz CT molecular complexity index is 441. The third-order valence-corrected chi connectivity index (χ3v) is 3.01. The maximum atomic E-state index is 9.52. The van der Waals surface area contributed by atoms with Crippen LogP contribution in [0, 0.1) is 0 Å². The molecule has 3 N–H and O–H groups in total. The molecule has 2 rings (SSSR count). The van der Waals surface area contributed by atoms with Gasteiger partial charge in [0.1, 0.15) is 0 Å². The molecule has 1 heterocycles. The molecule has 0 amide bonds. The Morgan fingerprint density at radius 1 is 1.29 bits per heavy atom. The fraction of sp³-hybridized carbons (Fsp3) is 0.308. The maximum Gasteiger partial charge on any atom is 0.0945 e. The molecule has 1 aromatic heterocycles. The van der Waals surface area contributed by atoms with E-state index in [9.17, 15) is 5.11 Å². The summed E-state index contributed by atoms with van der Waals surface area (Å²) < 4.78 is 1.96. The van der Waals surface area contributed by atoms with Gasteiger partial charge in [0.25, 0.3) is 0 Å². The number of hydrogen-bond acceptors (Lipinski definition) is 3. The lowest BCUT2D eigenvalue weighted by molar-refractivity contribution is 0.182. The summed E-state index contributed by atoms with van der Waals surface area (Å²) in [5, 5.41) is 9.52. The molecule has 0 aliphatic rings. The van der Waals surface area contributed by atoms with Crippen molar-refractivity contribution in [3.05, 3.63) is 54.6 Å². The fourth-order valence-electron chi connectivity index (χ4n) is 1.83. The Labute approximate surface area is 101 Å². The van der Waals surface area contributed by atoms with E-state index in [1.165, 1.54) is 0 Å². The molecule has 0 bridgehead atoms. The molecule has 0 saturated heterocycles. The minimum atomic E-state index is -0.689. The zero-order chi connectivity index (χ0) is 12.1. The van der Waals surface area contributed by atoms with Crippen LogP contribution in [0.15, 0.2) is 49.1 Å². The Hall–Kier alpha value is -1.65. The molecular weight excluding hydrogens is 214 g/mol. The molecule has 0 radical (unpaired) electrons. The molecule has 0 aliphatic carbocycles. The first-order chi connectivity index (χ1) is 8.24. The lowest BCUT2D eigenvalue weighted by atomic mass is 9.88. The van der Waals surface area contributed by atoms with Crippen molar-refractivity contribution in [2.75, 3.05) is 6.61 Å². The van der Waals surface area contributed by atoms with Gasteiger partial charge in [-0.3, -0.25) is 0 Å². The van der Waals surface area contributed by atoms with E-state index in [-0.39, 0.29) is 6.61 Å². The van der Waals surface area contributed by atoms with Crippen molar-refractivity contribution in [2.24, 2.45) is 5.73 Å². The summed E-state index contributed by atoms with van der Waals surface area (Å²) >= 11 is 0. The second kappa shape index (κ2) is 5.12. The van der Waals surface area contributed by atoms with E-state index in [4.69, 9.17) is 5.73 Å². The molecule has 90 valence electrons. The van der Waals surface area contributed by atoms with Crippen LogP contribution >= 0.6 is 0 Å². The van der Waals surface area contributed by atoms with Gasteiger partial charge in [-0.2, -0.15) is 0 Å². The molecule has 0 saturated carbocycles. The number of imidazole rings is 1. The smallest absolute Gasteiger partial charge is 0.0945 e. The summed E-state index contributed by atoms with van der Waals surface area (Å²) in [6, 6.07) is 9.71. The van der Waals surface area contributed by atoms with Crippen molar-refractivity contribution in [1.82, 2.24) is 9.55 Å². The normalized spacial score (nSPS) is 14.5. The van der Waals surface area contributed by atoms with E-state index >= 15 is 0 Å². The van der Waals surface area contributed by atoms with Crippen LogP contribution in [0.1, 0.15) is 12.0 Å². The maximum absolute atomic E-state index is 9.52. The summed E-state index contributed by atoms with van der Waals surface area (Å²) in [6.45, 7) is 0.678. The highest BCUT2D eigenvalue weighted by molar-refractivity contribution is 5.23. The van der Waals surface area contributed by atoms with Gasteiger partial charge in [-0.05, 0) is 12.0 Å². The number of nitrogens with two attached hydrogens (primary N) is 1. The molecule has 1 atom stereocenters. The van der Waals surface area contributed by atoms with Crippen molar-refractivity contribution in [2.45, 2.75) is 18.5 Å². The predicted molar refractivity (Wildman–Crippen MR) is 66.2 cm³/mol. The number of aliphatic hydroxyl groups is 1.